The van der Waals surface area contributed by atoms with Gasteiger partial charge in [-0.1, -0.05) is 6.92 Å². The molecule has 3 aromatic rings. The topological polar surface area (TPSA) is 69.4 Å². The van der Waals surface area contributed by atoms with E-state index in [4.69, 9.17) is 4.74 Å². The van der Waals surface area contributed by atoms with E-state index in [1.54, 1.807) is 41.2 Å². The van der Waals surface area contributed by atoms with Gasteiger partial charge in [0.2, 0.25) is 0 Å². The van der Waals surface area contributed by atoms with Crippen LogP contribution in [0.25, 0.3) is 5.65 Å². The molecule has 3 rings (SSSR count). The predicted octanol–water partition coefficient (Wildman–Crippen LogP) is 3.28. The van der Waals surface area contributed by atoms with Crippen LogP contribution in [0.15, 0.2) is 18.5 Å². The van der Waals surface area contributed by atoms with Gasteiger partial charge in [-0.05, 0) is 33.3 Å². The number of hydrogen-bond acceptors (Lipinski definition) is 6. The third-order valence-corrected chi connectivity index (χ3v) is 5.07. The number of nitrogens with zero attached hydrogens (tertiary/aromatic N) is 4. The van der Waals surface area contributed by atoms with Crippen LogP contribution < -0.4 is 0 Å². The van der Waals surface area contributed by atoms with Crippen LogP contribution in [0.1, 0.15) is 51.6 Å². The predicted molar refractivity (Wildman–Crippen MR) is 87.8 cm³/mol. The molecular formula is C16H18N4O2S. The molecule has 7 heteroatoms. The van der Waals surface area contributed by atoms with Crippen molar-refractivity contribution in [2.45, 2.75) is 40.2 Å². The molecule has 0 aliphatic rings. The van der Waals surface area contributed by atoms with Crippen LogP contribution in [0.5, 0.6) is 0 Å². The molecule has 0 fully saturated rings. The molecule has 0 saturated carbocycles. The Labute approximate surface area is 138 Å². The number of aryl methyl sites for hydroxylation is 3. The molecule has 0 radical (unpaired) electrons. The quantitative estimate of drug-likeness (QED) is 0.687. The van der Waals surface area contributed by atoms with Crippen LogP contribution in [-0.4, -0.2) is 25.6 Å². The van der Waals surface area contributed by atoms with Gasteiger partial charge in [-0.25, -0.2) is 19.3 Å². The minimum atomic E-state index is -0.408. The second-order valence-electron chi connectivity index (χ2n) is 5.31. The van der Waals surface area contributed by atoms with Gasteiger partial charge in [-0.15, -0.1) is 11.3 Å². The van der Waals surface area contributed by atoms with Crippen LogP contribution >= 0.6 is 11.3 Å². The molecule has 0 N–H and O–H groups in total. The van der Waals surface area contributed by atoms with E-state index in [0.29, 0.717) is 16.9 Å². The Balaban J connectivity index is 1.88. The summed E-state index contributed by atoms with van der Waals surface area (Å²) in [6.07, 6.45) is 3.93. The Bertz CT molecular complexity index is 868. The maximum atomic E-state index is 12.6. The average molecular weight is 330 g/mol. The number of thiazole rings is 1. The van der Waals surface area contributed by atoms with Crippen molar-refractivity contribution in [3.05, 3.63) is 45.3 Å². The third kappa shape index (κ3) is 2.84. The molecule has 0 bridgehead atoms. The Morgan fingerprint density at radius 2 is 2.17 bits per heavy atom. The van der Waals surface area contributed by atoms with E-state index in [-0.39, 0.29) is 6.10 Å². The Hall–Kier alpha value is -2.28. The largest absolute Gasteiger partial charge is 0.453 e. The lowest BCUT2D eigenvalue weighted by molar-refractivity contribution is 0.0345. The highest BCUT2D eigenvalue weighted by atomic mass is 32.1. The second-order valence-corrected chi connectivity index (χ2v) is 6.42. The van der Waals surface area contributed by atoms with Crippen LogP contribution in [0.3, 0.4) is 0 Å². The van der Waals surface area contributed by atoms with Crippen LogP contribution in [0.2, 0.25) is 0 Å². The molecule has 23 heavy (non-hydrogen) atoms. The maximum absolute atomic E-state index is 12.6. The fourth-order valence-electron chi connectivity index (χ4n) is 2.50. The number of carbonyl (C=O) groups excluding carboxylic acids is 1. The van der Waals surface area contributed by atoms with Gasteiger partial charge in [0, 0.05) is 12.4 Å². The normalized spacial score (nSPS) is 12.5. The van der Waals surface area contributed by atoms with E-state index < -0.39 is 5.97 Å². The van der Waals surface area contributed by atoms with Crippen molar-refractivity contribution < 1.29 is 9.53 Å². The van der Waals surface area contributed by atoms with Gasteiger partial charge in [-0.3, -0.25) is 0 Å². The summed E-state index contributed by atoms with van der Waals surface area (Å²) in [5, 5.41) is 5.34. The molecule has 0 unspecified atom stereocenters. The van der Waals surface area contributed by atoms with Gasteiger partial charge in [0.25, 0.3) is 0 Å². The lowest BCUT2D eigenvalue weighted by Crippen LogP contribution is -2.10. The summed E-state index contributed by atoms with van der Waals surface area (Å²) in [7, 11) is 0. The average Bonchev–Trinajstić information content (AvgIpc) is 3.06. The molecule has 0 aromatic carbocycles. The van der Waals surface area contributed by atoms with Crippen molar-refractivity contribution in [3.63, 3.8) is 0 Å². The fourth-order valence-corrected chi connectivity index (χ4v) is 3.49. The number of esters is 1. The van der Waals surface area contributed by atoms with Gasteiger partial charge >= 0.3 is 5.97 Å². The van der Waals surface area contributed by atoms with Crippen molar-refractivity contribution in [1.82, 2.24) is 19.6 Å². The van der Waals surface area contributed by atoms with Gasteiger partial charge in [0.1, 0.15) is 11.7 Å². The third-order valence-electron chi connectivity index (χ3n) is 3.61. The summed E-state index contributed by atoms with van der Waals surface area (Å²) >= 11 is 1.59. The molecule has 3 aromatic heterocycles. The summed E-state index contributed by atoms with van der Waals surface area (Å²) in [5.74, 6) is -0.408. The second kappa shape index (κ2) is 6.08. The number of fused-ring (bicyclic) bond motifs is 1. The van der Waals surface area contributed by atoms with Crippen LogP contribution in [-0.2, 0) is 11.2 Å². The first-order chi connectivity index (χ1) is 11.0. The molecule has 120 valence electrons. The molecule has 3 heterocycles. The molecule has 0 amide bonds. The molecule has 0 saturated heterocycles. The zero-order chi connectivity index (χ0) is 16.6. The van der Waals surface area contributed by atoms with Gasteiger partial charge in [0.05, 0.1) is 21.3 Å². The minimum Gasteiger partial charge on any atom is -0.453 e. The molecule has 6 nitrogen and oxygen atoms in total. The summed E-state index contributed by atoms with van der Waals surface area (Å²) in [5.41, 5.74) is 2.45. The summed E-state index contributed by atoms with van der Waals surface area (Å²) in [6.45, 7) is 7.65. The van der Waals surface area contributed by atoms with E-state index in [1.807, 2.05) is 13.8 Å². The van der Waals surface area contributed by atoms with Gasteiger partial charge in [-0.2, -0.15) is 5.10 Å². The van der Waals surface area contributed by atoms with E-state index >= 15 is 0 Å². The minimum absolute atomic E-state index is 0.349. The molecule has 0 aliphatic carbocycles. The summed E-state index contributed by atoms with van der Waals surface area (Å²) in [4.78, 5) is 22.3. The molecule has 1 atom stereocenters. The first-order valence-corrected chi connectivity index (χ1v) is 8.30. The summed E-state index contributed by atoms with van der Waals surface area (Å²) in [6, 6.07) is 1.77. The molecular weight excluding hydrogens is 312 g/mol. The zero-order valence-corrected chi connectivity index (χ0v) is 14.3. The van der Waals surface area contributed by atoms with E-state index in [2.05, 4.69) is 22.0 Å². The van der Waals surface area contributed by atoms with Crippen molar-refractivity contribution in [2.24, 2.45) is 0 Å². The summed E-state index contributed by atoms with van der Waals surface area (Å²) < 4.78 is 7.23. The molecule has 0 spiro atoms. The smallest absolute Gasteiger partial charge is 0.344 e. The Morgan fingerprint density at radius 1 is 1.39 bits per heavy atom. The van der Waals surface area contributed by atoms with Crippen molar-refractivity contribution in [2.75, 3.05) is 0 Å². The highest BCUT2D eigenvalue weighted by molar-refractivity contribution is 7.11. The zero-order valence-electron chi connectivity index (χ0n) is 13.5. The highest BCUT2D eigenvalue weighted by Crippen LogP contribution is 2.29. The monoisotopic (exact) mass is 330 g/mol. The first-order valence-electron chi connectivity index (χ1n) is 7.48. The number of rotatable bonds is 4. The number of aromatic nitrogens is 4. The van der Waals surface area contributed by atoms with Crippen molar-refractivity contribution >= 4 is 23.0 Å². The van der Waals surface area contributed by atoms with Crippen LogP contribution in [0, 0.1) is 13.8 Å². The number of hydrogen-bond donors (Lipinski definition) is 0. The Kier molecular flexibility index (Phi) is 4.12. The maximum Gasteiger partial charge on any atom is 0.344 e. The number of ether oxygens (including phenoxy) is 1. The lowest BCUT2D eigenvalue weighted by Gasteiger charge is -2.11. The van der Waals surface area contributed by atoms with Crippen molar-refractivity contribution in [3.8, 4) is 0 Å². The van der Waals surface area contributed by atoms with E-state index in [1.165, 1.54) is 0 Å². The van der Waals surface area contributed by atoms with Crippen molar-refractivity contribution in [1.29, 1.82) is 0 Å². The fraction of sp³-hybridized carbons (Fsp3) is 0.375. The molecule has 0 aliphatic heterocycles. The number of carbonyl (C=O) groups is 1. The van der Waals surface area contributed by atoms with E-state index in [9.17, 15) is 4.79 Å². The van der Waals surface area contributed by atoms with Gasteiger partial charge < -0.3 is 4.74 Å². The van der Waals surface area contributed by atoms with Crippen LogP contribution in [0.4, 0.5) is 0 Å². The standard InChI is InChI=1S/C16H18N4O2S/c1-5-12-18-10(3)14(23-12)11(4)22-16(21)13-9(2)19-20-8-6-7-17-15(13)20/h6-8,11H,5H2,1-4H3/t11-/m0/s1. The SMILES string of the molecule is CCc1nc(C)c([C@H](C)OC(=O)c2c(C)nn3cccnc23)s1. The van der Waals surface area contributed by atoms with Gasteiger partial charge in [0.15, 0.2) is 5.65 Å². The lowest BCUT2D eigenvalue weighted by atomic mass is 10.2. The van der Waals surface area contributed by atoms with E-state index in [0.717, 1.165) is 22.0 Å². The Morgan fingerprint density at radius 3 is 2.87 bits per heavy atom. The first kappa shape index (κ1) is 15.6. The highest BCUT2D eigenvalue weighted by Gasteiger charge is 2.24.